The average molecular weight is 214 g/mol. The molecule has 88 valence electrons. The summed E-state index contributed by atoms with van der Waals surface area (Å²) in [5, 5.41) is 8.62. The van der Waals surface area contributed by atoms with Gasteiger partial charge in [0.1, 0.15) is 6.61 Å². The zero-order valence-corrected chi connectivity index (χ0v) is 10.2. The Morgan fingerprint density at radius 2 is 2.00 bits per heavy atom. The monoisotopic (exact) mass is 214 g/mol. The van der Waals surface area contributed by atoms with E-state index in [1.165, 1.54) is 0 Å². The summed E-state index contributed by atoms with van der Waals surface area (Å²) >= 11 is 0. The second kappa shape index (κ2) is 6.62. The predicted octanol–water partition coefficient (Wildman–Crippen LogP) is 2.29. The average Bonchev–Trinajstić information content (AvgIpc) is 2.13. The standard InChI is InChI=1S/C12H22O3/c1-10(6-5-8-13)7-9-15-11(14)12(2,3)4/h7,13H,5-6,8-9H2,1-4H3/b10-7-. The number of aliphatic hydroxyl groups excluding tert-OH is 1. The van der Waals surface area contributed by atoms with Crippen molar-refractivity contribution in [2.75, 3.05) is 13.2 Å². The van der Waals surface area contributed by atoms with Crippen LogP contribution in [0.2, 0.25) is 0 Å². The highest BCUT2D eigenvalue weighted by Crippen LogP contribution is 2.15. The zero-order valence-electron chi connectivity index (χ0n) is 10.2. The Labute approximate surface area is 92.1 Å². The van der Waals surface area contributed by atoms with Crippen molar-refractivity contribution in [1.29, 1.82) is 0 Å². The van der Waals surface area contributed by atoms with Gasteiger partial charge in [0.25, 0.3) is 0 Å². The van der Waals surface area contributed by atoms with Crippen LogP contribution in [0.3, 0.4) is 0 Å². The molecule has 0 spiro atoms. The lowest BCUT2D eigenvalue weighted by Crippen LogP contribution is -2.22. The van der Waals surface area contributed by atoms with Crippen LogP contribution in [0.15, 0.2) is 11.6 Å². The maximum Gasteiger partial charge on any atom is 0.311 e. The minimum atomic E-state index is -0.438. The maximum atomic E-state index is 11.4. The van der Waals surface area contributed by atoms with Gasteiger partial charge in [0.2, 0.25) is 0 Å². The first-order valence-electron chi connectivity index (χ1n) is 5.31. The number of esters is 1. The van der Waals surface area contributed by atoms with Crippen LogP contribution < -0.4 is 0 Å². The van der Waals surface area contributed by atoms with Gasteiger partial charge in [-0.1, -0.05) is 5.57 Å². The minimum Gasteiger partial charge on any atom is -0.461 e. The van der Waals surface area contributed by atoms with Crippen LogP contribution in [-0.2, 0) is 9.53 Å². The van der Waals surface area contributed by atoms with Gasteiger partial charge in [0, 0.05) is 6.61 Å². The van der Waals surface area contributed by atoms with Crippen LogP contribution in [0.4, 0.5) is 0 Å². The molecule has 0 aromatic carbocycles. The van der Waals surface area contributed by atoms with Gasteiger partial charge < -0.3 is 9.84 Å². The molecule has 0 saturated carbocycles. The van der Waals surface area contributed by atoms with Gasteiger partial charge in [-0.3, -0.25) is 4.79 Å². The molecule has 0 rings (SSSR count). The quantitative estimate of drug-likeness (QED) is 0.564. The Morgan fingerprint density at radius 1 is 1.40 bits per heavy atom. The molecule has 3 heteroatoms. The minimum absolute atomic E-state index is 0.186. The van der Waals surface area contributed by atoms with E-state index in [0.29, 0.717) is 6.61 Å². The predicted molar refractivity (Wildman–Crippen MR) is 60.5 cm³/mol. The number of carbonyl (C=O) groups excluding carboxylic acids is 1. The second-order valence-electron chi connectivity index (χ2n) is 4.73. The van der Waals surface area contributed by atoms with Gasteiger partial charge in [0.15, 0.2) is 0 Å². The van der Waals surface area contributed by atoms with Crippen LogP contribution >= 0.6 is 0 Å². The zero-order chi connectivity index (χ0) is 11.9. The number of hydrogen-bond acceptors (Lipinski definition) is 3. The van der Waals surface area contributed by atoms with E-state index in [-0.39, 0.29) is 12.6 Å². The lowest BCUT2D eigenvalue weighted by atomic mass is 9.97. The van der Waals surface area contributed by atoms with E-state index >= 15 is 0 Å². The smallest absolute Gasteiger partial charge is 0.311 e. The summed E-state index contributed by atoms with van der Waals surface area (Å²) in [6.45, 7) is 7.99. The first kappa shape index (κ1) is 14.2. The number of rotatable bonds is 5. The Balaban J connectivity index is 3.82. The third-order valence-electron chi connectivity index (χ3n) is 1.99. The molecular formula is C12H22O3. The third-order valence-corrected chi connectivity index (χ3v) is 1.99. The molecule has 0 saturated heterocycles. The number of carbonyl (C=O) groups is 1. The van der Waals surface area contributed by atoms with Crippen molar-refractivity contribution < 1.29 is 14.6 Å². The molecule has 0 atom stereocenters. The van der Waals surface area contributed by atoms with Crippen LogP contribution in [0.5, 0.6) is 0 Å². The van der Waals surface area contributed by atoms with Gasteiger partial charge in [-0.05, 0) is 46.6 Å². The lowest BCUT2D eigenvalue weighted by Gasteiger charge is -2.15. The molecule has 0 aromatic rings. The van der Waals surface area contributed by atoms with Gasteiger partial charge in [-0.25, -0.2) is 0 Å². The highest BCUT2D eigenvalue weighted by atomic mass is 16.5. The van der Waals surface area contributed by atoms with E-state index in [9.17, 15) is 4.79 Å². The van der Waals surface area contributed by atoms with Crippen molar-refractivity contribution in [3.63, 3.8) is 0 Å². The van der Waals surface area contributed by atoms with E-state index < -0.39 is 5.41 Å². The summed E-state index contributed by atoms with van der Waals surface area (Å²) in [6.07, 6.45) is 3.50. The first-order chi connectivity index (χ1) is 6.88. The molecule has 0 aromatic heterocycles. The number of hydrogen-bond donors (Lipinski definition) is 1. The Hall–Kier alpha value is -0.830. The topological polar surface area (TPSA) is 46.5 Å². The first-order valence-corrected chi connectivity index (χ1v) is 5.31. The van der Waals surface area contributed by atoms with Crippen molar-refractivity contribution in [3.05, 3.63) is 11.6 Å². The van der Waals surface area contributed by atoms with Crippen LogP contribution in [0, 0.1) is 5.41 Å². The SMILES string of the molecule is C/C(=C/COC(=O)C(C)(C)C)CCCO. The van der Waals surface area contributed by atoms with Gasteiger partial charge in [0.05, 0.1) is 5.41 Å². The normalized spacial score (nSPS) is 12.7. The Bertz CT molecular complexity index is 224. The van der Waals surface area contributed by atoms with Crippen LogP contribution in [0.1, 0.15) is 40.5 Å². The molecule has 15 heavy (non-hydrogen) atoms. The molecule has 0 fully saturated rings. The van der Waals surface area contributed by atoms with Crippen molar-refractivity contribution in [2.24, 2.45) is 5.41 Å². The number of allylic oxidation sites excluding steroid dienone is 1. The molecule has 0 unspecified atom stereocenters. The summed E-state index contributed by atoms with van der Waals surface area (Å²) in [7, 11) is 0. The molecule has 0 radical (unpaired) electrons. The number of ether oxygens (including phenoxy) is 1. The van der Waals surface area contributed by atoms with E-state index in [1.807, 2.05) is 33.8 Å². The van der Waals surface area contributed by atoms with E-state index in [0.717, 1.165) is 18.4 Å². The van der Waals surface area contributed by atoms with Crippen LogP contribution in [-0.4, -0.2) is 24.3 Å². The summed E-state index contributed by atoms with van der Waals surface area (Å²) in [6, 6.07) is 0. The van der Waals surface area contributed by atoms with Crippen molar-refractivity contribution in [2.45, 2.75) is 40.5 Å². The fourth-order valence-corrected chi connectivity index (χ4v) is 0.936. The van der Waals surface area contributed by atoms with Crippen molar-refractivity contribution in [3.8, 4) is 0 Å². The largest absolute Gasteiger partial charge is 0.461 e. The maximum absolute atomic E-state index is 11.4. The summed E-state index contributed by atoms with van der Waals surface area (Å²) in [4.78, 5) is 11.4. The molecule has 0 aliphatic rings. The highest BCUT2D eigenvalue weighted by molar-refractivity contribution is 5.75. The molecule has 1 N–H and O–H groups in total. The summed E-state index contributed by atoms with van der Waals surface area (Å²) in [5.41, 5.74) is 0.707. The molecule has 3 nitrogen and oxygen atoms in total. The van der Waals surface area contributed by atoms with E-state index in [2.05, 4.69) is 0 Å². The molecule has 0 bridgehead atoms. The molecule has 0 aliphatic heterocycles. The van der Waals surface area contributed by atoms with E-state index in [4.69, 9.17) is 9.84 Å². The molecule has 0 heterocycles. The fourth-order valence-electron chi connectivity index (χ4n) is 0.936. The molecule has 0 aliphatic carbocycles. The Morgan fingerprint density at radius 3 is 2.47 bits per heavy atom. The molecule has 0 amide bonds. The number of aliphatic hydroxyl groups is 1. The van der Waals surface area contributed by atoms with Gasteiger partial charge in [-0.15, -0.1) is 0 Å². The highest BCUT2D eigenvalue weighted by Gasteiger charge is 2.22. The Kier molecular flexibility index (Phi) is 6.25. The lowest BCUT2D eigenvalue weighted by molar-refractivity contribution is -0.151. The van der Waals surface area contributed by atoms with Crippen molar-refractivity contribution >= 4 is 5.97 Å². The van der Waals surface area contributed by atoms with Crippen LogP contribution in [0.25, 0.3) is 0 Å². The molecular weight excluding hydrogens is 192 g/mol. The van der Waals surface area contributed by atoms with E-state index in [1.54, 1.807) is 0 Å². The second-order valence-corrected chi connectivity index (χ2v) is 4.73. The van der Waals surface area contributed by atoms with Gasteiger partial charge in [-0.2, -0.15) is 0 Å². The van der Waals surface area contributed by atoms with Crippen molar-refractivity contribution in [1.82, 2.24) is 0 Å². The third kappa shape index (κ3) is 7.14. The van der Waals surface area contributed by atoms with Gasteiger partial charge >= 0.3 is 5.97 Å². The summed E-state index contributed by atoms with van der Waals surface area (Å²) in [5.74, 6) is -0.186. The summed E-state index contributed by atoms with van der Waals surface area (Å²) < 4.78 is 5.08. The fraction of sp³-hybridized carbons (Fsp3) is 0.750.